The van der Waals surface area contributed by atoms with Gasteiger partial charge in [0, 0.05) is 28.0 Å². The first-order valence-electron chi connectivity index (χ1n) is 7.09. The van der Waals surface area contributed by atoms with Gasteiger partial charge in [0.15, 0.2) is 0 Å². The Morgan fingerprint density at radius 2 is 1.92 bits per heavy atom. The number of hydrogen-bond donors (Lipinski definition) is 1. The summed E-state index contributed by atoms with van der Waals surface area (Å²) in [7, 11) is 0. The van der Waals surface area contributed by atoms with Crippen LogP contribution < -0.4 is 0 Å². The molecule has 9 heteroatoms. The van der Waals surface area contributed by atoms with Gasteiger partial charge in [-0.3, -0.25) is 9.78 Å². The average Bonchev–Trinajstić information content (AvgIpc) is 2.95. The lowest BCUT2D eigenvalue weighted by Gasteiger charge is -2.32. The first-order chi connectivity index (χ1) is 11.7. The van der Waals surface area contributed by atoms with E-state index in [1.54, 1.807) is 0 Å². The number of rotatable bonds is 2. The van der Waals surface area contributed by atoms with Crippen molar-refractivity contribution in [3.05, 3.63) is 64.4 Å². The topological polar surface area (TPSA) is 65.8 Å². The Bertz CT molecular complexity index is 825. The van der Waals surface area contributed by atoms with Crippen LogP contribution in [-0.2, 0) is 0 Å². The van der Waals surface area contributed by atoms with E-state index in [4.69, 9.17) is 0 Å². The maximum Gasteiger partial charge on any atom is 0.438 e. The zero-order valence-electron chi connectivity index (χ0n) is 12.5. The van der Waals surface area contributed by atoms with Crippen LogP contribution in [-0.4, -0.2) is 38.6 Å². The van der Waals surface area contributed by atoms with Crippen LogP contribution in [0.3, 0.4) is 0 Å². The lowest BCUT2D eigenvalue weighted by molar-refractivity contribution is -0.297. The van der Waals surface area contributed by atoms with Crippen LogP contribution in [0.1, 0.15) is 22.3 Å². The predicted octanol–water partition coefficient (Wildman–Crippen LogP) is 3.35. The fourth-order valence-corrected chi connectivity index (χ4v) is 2.65. The largest absolute Gasteiger partial charge is 0.438 e. The van der Waals surface area contributed by atoms with Gasteiger partial charge < -0.3 is 5.11 Å². The number of amides is 1. The molecule has 3 rings (SSSR count). The Balaban J connectivity index is 2.04. The molecule has 1 aliphatic rings. The number of aromatic nitrogens is 1. The van der Waals surface area contributed by atoms with E-state index < -0.39 is 24.2 Å². The molecule has 0 unspecified atom stereocenters. The molecular weight excluding hydrogens is 403 g/mol. The Morgan fingerprint density at radius 1 is 1.24 bits per heavy atom. The molecule has 0 saturated heterocycles. The fourth-order valence-electron chi connectivity index (χ4n) is 2.39. The number of carbonyl (C=O) groups excluding carboxylic acids is 1. The van der Waals surface area contributed by atoms with Gasteiger partial charge in [-0.15, -0.1) is 0 Å². The molecule has 0 radical (unpaired) electrons. The highest BCUT2D eigenvalue weighted by atomic mass is 79.9. The van der Waals surface area contributed by atoms with E-state index >= 15 is 0 Å². The third-order valence-electron chi connectivity index (χ3n) is 3.72. The minimum absolute atomic E-state index is 0.0259. The lowest BCUT2D eigenvalue weighted by atomic mass is 10.0. The monoisotopic (exact) mass is 413 g/mol. The molecule has 2 aromatic rings. The quantitative estimate of drug-likeness (QED) is 0.820. The molecule has 2 heterocycles. The molecule has 25 heavy (non-hydrogen) atoms. The van der Waals surface area contributed by atoms with Crippen molar-refractivity contribution < 1.29 is 23.1 Å². The van der Waals surface area contributed by atoms with Gasteiger partial charge in [-0.05, 0) is 30.3 Å². The lowest BCUT2D eigenvalue weighted by Crippen LogP contribution is -2.56. The van der Waals surface area contributed by atoms with Crippen molar-refractivity contribution in [1.29, 1.82) is 0 Å². The number of alkyl halides is 3. The second kappa shape index (κ2) is 6.23. The van der Waals surface area contributed by atoms with Crippen LogP contribution >= 0.6 is 15.9 Å². The molecule has 1 aliphatic heterocycles. The van der Waals surface area contributed by atoms with Crippen LogP contribution in [0.15, 0.2) is 58.4 Å². The van der Waals surface area contributed by atoms with E-state index in [0.717, 1.165) is 0 Å². The average molecular weight is 414 g/mol. The van der Waals surface area contributed by atoms with Gasteiger partial charge >= 0.3 is 6.18 Å². The summed E-state index contributed by atoms with van der Waals surface area (Å²) in [4.78, 5) is 16.3. The Labute approximate surface area is 148 Å². The first kappa shape index (κ1) is 17.6. The molecule has 1 N–H and O–H groups in total. The molecule has 0 spiro atoms. The van der Waals surface area contributed by atoms with E-state index in [1.807, 2.05) is 0 Å². The Morgan fingerprint density at radius 3 is 2.48 bits per heavy atom. The molecule has 0 fully saturated rings. The number of carbonyl (C=O) groups is 1. The van der Waals surface area contributed by atoms with Crippen molar-refractivity contribution in [1.82, 2.24) is 9.99 Å². The second-order valence-electron chi connectivity index (χ2n) is 5.40. The van der Waals surface area contributed by atoms with Gasteiger partial charge in [0.05, 0.1) is 12.1 Å². The molecule has 5 nitrogen and oxygen atoms in total. The number of nitrogens with zero attached hydrogens (tertiary/aromatic N) is 3. The third kappa shape index (κ3) is 3.16. The normalized spacial score (nSPS) is 20.5. The summed E-state index contributed by atoms with van der Waals surface area (Å²) in [5.41, 5.74) is -3.21. The summed E-state index contributed by atoms with van der Waals surface area (Å²) in [5.74, 6) is -1.05. The maximum atomic E-state index is 13.5. The minimum Gasteiger partial charge on any atom is -0.362 e. The molecule has 1 aromatic heterocycles. The van der Waals surface area contributed by atoms with E-state index in [1.165, 1.54) is 48.8 Å². The summed E-state index contributed by atoms with van der Waals surface area (Å²) in [6, 6.07) is 8.77. The molecule has 130 valence electrons. The van der Waals surface area contributed by atoms with Gasteiger partial charge in [0.25, 0.3) is 11.6 Å². The van der Waals surface area contributed by atoms with Gasteiger partial charge in [-0.2, -0.15) is 23.3 Å². The summed E-state index contributed by atoms with van der Waals surface area (Å²) < 4.78 is 41.1. The number of hydrazone groups is 1. The number of pyridine rings is 1. The molecular formula is C16H11BrF3N3O2. The van der Waals surface area contributed by atoms with Crippen molar-refractivity contribution in [3.8, 4) is 0 Å². The molecule has 1 amide bonds. The molecule has 0 bridgehead atoms. The van der Waals surface area contributed by atoms with Crippen LogP contribution in [0.4, 0.5) is 13.2 Å². The molecule has 0 saturated carbocycles. The van der Waals surface area contributed by atoms with Crippen molar-refractivity contribution in [2.75, 3.05) is 0 Å². The maximum absolute atomic E-state index is 13.5. The Kier molecular flexibility index (Phi) is 4.38. The van der Waals surface area contributed by atoms with E-state index in [9.17, 15) is 23.1 Å². The third-order valence-corrected chi connectivity index (χ3v) is 4.25. The van der Waals surface area contributed by atoms with Gasteiger partial charge in [-0.1, -0.05) is 22.0 Å². The van der Waals surface area contributed by atoms with Crippen molar-refractivity contribution in [2.45, 2.75) is 18.3 Å². The SMILES string of the molecule is O=C(c1ccc(Br)cc1)N1N=C(c2cccnc2)C[C@]1(O)C(F)(F)F. The van der Waals surface area contributed by atoms with Crippen molar-refractivity contribution in [3.63, 3.8) is 0 Å². The first-order valence-corrected chi connectivity index (χ1v) is 7.89. The number of halogens is 4. The molecule has 1 atom stereocenters. The highest BCUT2D eigenvalue weighted by molar-refractivity contribution is 9.10. The Hall–Kier alpha value is -2.26. The van der Waals surface area contributed by atoms with E-state index in [2.05, 4.69) is 26.0 Å². The highest BCUT2D eigenvalue weighted by Crippen LogP contribution is 2.41. The van der Waals surface area contributed by atoms with Crippen LogP contribution in [0, 0.1) is 0 Å². The van der Waals surface area contributed by atoms with Crippen molar-refractivity contribution in [2.24, 2.45) is 5.10 Å². The zero-order chi connectivity index (χ0) is 18.2. The van der Waals surface area contributed by atoms with Crippen LogP contribution in [0.2, 0.25) is 0 Å². The summed E-state index contributed by atoms with van der Waals surface area (Å²) in [6.45, 7) is 0. The number of aliphatic hydroxyl groups is 1. The van der Waals surface area contributed by atoms with E-state index in [0.29, 0.717) is 10.0 Å². The standard InChI is InChI=1S/C16H11BrF3N3O2/c17-12-5-3-10(4-6-12)14(24)23-15(25,16(18,19)20)8-13(22-23)11-2-1-7-21-9-11/h1-7,9,25H,8H2/t15-/m0/s1. The van der Waals surface area contributed by atoms with Crippen molar-refractivity contribution >= 4 is 27.5 Å². The van der Waals surface area contributed by atoms with Gasteiger partial charge in [-0.25, -0.2) is 0 Å². The smallest absolute Gasteiger partial charge is 0.362 e. The minimum atomic E-state index is -5.08. The summed E-state index contributed by atoms with van der Waals surface area (Å²) in [5, 5.41) is 14.1. The predicted molar refractivity (Wildman–Crippen MR) is 86.7 cm³/mol. The van der Waals surface area contributed by atoms with Gasteiger partial charge in [0.1, 0.15) is 0 Å². The highest BCUT2D eigenvalue weighted by Gasteiger charge is 2.63. The van der Waals surface area contributed by atoms with Crippen LogP contribution in [0.5, 0.6) is 0 Å². The number of hydrogen-bond acceptors (Lipinski definition) is 4. The summed E-state index contributed by atoms with van der Waals surface area (Å²) >= 11 is 3.18. The van der Waals surface area contributed by atoms with Gasteiger partial charge in [0.2, 0.25) is 0 Å². The van der Waals surface area contributed by atoms with E-state index in [-0.39, 0.29) is 16.3 Å². The number of benzene rings is 1. The molecule has 1 aromatic carbocycles. The fraction of sp³-hybridized carbons (Fsp3) is 0.188. The molecule has 0 aliphatic carbocycles. The van der Waals surface area contributed by atoms with Crippen LogP contribution in [0.25, 0.3) is 0 Å². The zero-order valence-corrected chi connectivity index (χ0v) is 14.1. The second-order valence-corrected chi connectivity index (χ2v) is 6.32. The summed E-state index contributed by atoms with van der Waals surface area (Å²) in [6.07, 6.45) is -3.17.